The number of carbonyl (C=O) groups is 1. The molecule has 0 aliphatic heterocycles. The van der Waals surface area contributed by atoms with Gasteiger partial charge in [0, 0.05) is 22.6 Å². The van der Waals surface area contributed by atoms with Gasteiger partial charge in [-0.05, 0) is 47.3 Å². The first-order valence-electron chi connectivity index (χ1n) is 6.19. The van der Waals surface area contributed by atoms with Gasteiger partial charge in [0.15, 0.2) is 0 Å². The van der Waals surface area contributed by atoms with Crippen molar-refractivity contribution in [3.05, 3.63) is 22.3 Å². The standard InChI is InChI=1S/C13H18BrN3O/c1-9-6-10(14)8-16-12(9)17-11(18)7-13(15)4-2-3-5-13/h6,8H,2-5,7,15H2,1H3,(H,16,17,18). The summed E-state index contributed by atoms with van der Waals surface area (Å²) in [7, 11) is 0. The molecule has 1 fully saturated rings. The predicted molar refractivity (Wildman–Crippen MR) is 75.3 cm³/mol. The molecule has 0 atom stereocenters. The van der Waals surface area contributed by atoms with E-state index in [9.17, 15) is 4.79 Å². The number of nitrogens with zero attached hydrogens (tertiary/aromatic N) is 1. The van der Waals surface area contributed by atoms with Crippen molar-refractivity contribution in [3.63, 3.8) is 0 Å². The monoisotopic (exact) mass is 311 g/mol. The van der Waals surface area contributed by atoms with Crippen molar-refractivity contribution >= 4 is 27.7 Å². The summed E-state index contributed by atoms with van der Waals surface area (Å²) in [5.41, 5.74) is 6.81. The first kappa shape index (κ1) is 13.5. The van der Waals surface area contributed by atoms with E-state index >= 15 is 0 Å². The molecule has 0 radical (unpaired) electrons. The van der Waals surface area contributed by atoms with Crippen molar-refractivity contribution in [2.45, 2.75) is 44.6 Å². The fourth-order valence-electron chi connectivity index (χ4n) is 2.42. The molecule has 1 heterocycles. The average Bonchev–Trinajstić information content (AvgIpc) is 2.69. The third-order valence-corrected chi connectivity index (χ3v) is 3.85. The van der Waals surface area contributed by atoms with E-state index in [1.165, 1.54) is 0 Å². The highest BCUT2D eigenvalue weighted by molar-refractivity contribution is 9.10. The van der Waals surface area contributed by atoms with Gasteiger partial charge in [-0.15, -0.1) is 0 Å². The molecule has 1 aliphatic carbocycles. The summed E-state index contributed by atoms with van der Waals surface area (Å²) in [6.07, 6.45) is 6.18. The molecule has 0 spiro atoms. The molecule has 2 rings (SSSR count). The van der Waals surface area contributed by atoms with E-state index in [4.69, 9.17) is 5.73 Å². The van der Waals surface area contributed by atoms with Crippen LogP contribution in [0.3, 0.4) is 0 Å². The van der Waals surface area contributed by atoms with Crippen LogP contribution in [0.1, 0.15) is 37.7 Å². The lowest BCUT2D eigenvalue weighted by molar-refractivity contribution is -0.117. The first-order chi connectivity index (χ1) is 8.48. The number of nitrogens with two attached hydrogens (primary N) is 1. The summed E-state index contributed by atoms with van der Waals surface area (Å²) >= 11 is 3.35. The Balaban J connectivity index is 1.98. The Hall–Kier alpha value is -0.940. The predicted octanol–water partition coefficient (Wildman–Crippen LogP) is 2.75. The number of halogens is 1. The summed E-state index contributed by atoms with van der Waals surface area (Å²) in [4.78, 5) is 16.2. The van der Waals surface area contributed by atoms with E-state index in [1.54, 1.807) is 6.20 Å². The Bertz CT molecular complexity index is 456. The number of hydrogen-bond donors (Lipinski definition) is 2. The molecule has 0 unspecified atom stereocenters. The van der Waals surface area contributed by atoms with E-state index in [0.717, 1.165) is 35.7 Å². The Morgan fingerprint density at radius 2 is 2.22 bits per heavy atom. The number of hydrogen-bond acceptors (Lipinski definition) is 3. The van der Waals surface area contributed by atoms with E-state index in [0.29, 0.717) is 12.2 Å². The number of carbonyl (C=O) groups excluding carboxylic acids is 1. The number of rotatable bonds is 3. The smallest absolute Gasteiger partial charge is 0.227 e. The van der Waals surface area contributed by atoms with Gasteiger partial charge in [-0.25, -0.2) is 4.98 Å². The molecule has 0 saturated heterocycles. The minimum absolute atomic E-state index is 0.0441. The highest BCUT2D eigenvalue weighted by atomic mass is 79.9. The van der Waals surface area contributed by atoms with Gasteiger partial charge < -0.3 is 11.1 Å². The SMILES string of the molecule is Cc1cc(Br)cnc1NC(=O)CC1(N)CCCC1. The minimum Gasteiger partial charge on any atom is -0.325 e. The van der Waals surface area contributed by atoms with Crippen molar-refractivity contribution in [2.75, 3.05) is 5.32 Å². The Morgan fingerprint density at radius 3 is 2.83 bits per heavy atom. The highest BCUT2D eigenvalue weighted by Gasteiger charge is 2.31. The molecule has 0 aromatic carbocycles. The van der Waals surface area contributed by atoms with Crippen LogP contribution in [-0.2, 0) is 4.79 Å². The average molecular weight is 312 g/mol. The van der Waals surface area contributed by atoms with Crippen LogP contribution in [0.25, 0.3) is 0 Å². The maximum absolute atomic E-state index is 12.0. The zero-order valence-corrected chi connectivity index (χ0v) is 12.1. The second-order valence-corrected chi connectivity index (χ2v) is 6.03. The number of amides is 1. The van der Waals surface area contributed by atoms with E-state index in [2.05, 4.69) is 26.2 Å². The fourth-order valence-corrected chi connectivity index (χ4v) is 2.87. The van der Waals surface area contributed by atoms with Gasteiger partial charge in [0.05, 0.1) is 0 Å². The summed E-state index contributed by atoms with van der Waals surface area (Å²) in [6, 6.07) is 1.93. The summed E-state index contributed by atoms with van der Waals surface area (Å²) in [5.74, 6) is 0.571. The van der Waals surface area contributed by atoms with Gasteiger partial charge in [-0.2, -0.15) is 0 Å². The van der Waals surface area contributed by atoms with Crippen LogP contribution < -0.4 is 11.1 Å². The van der Waals surface area contributed by atoms with Gasteiger partial charge >= 0.3 is 0 Å². The molecule has 1 saturated carbocycles. The van der Waals surface area contributed by atoms with Crippen molar-refractivity contribution in [3.8, 4) is 0 Å². The molecule has 3 N–H and O–H groups in total. The molecule has 18 heavy (non-hydrogen) atoms. The van der Waals surface area contributed by atoms with E-state index in [-0.39, 0.29) is 11.4 Å². The maximum Gasteiger partial charge on any atom is 0.227 e. The summed E-state index contributed by atoms with van der Waals surface area (Å²) in [5, 5.41) is 2.84. The Kier molecular flexibility index (Phi) is 4.02. The van der Waals surface area contributed by atoms with Crippen LogP contribution >= 0.6 is 15.9 Å². The lowest BCUT2D eigenvalue weighted by Gasteiger charge is -2.22. The molecule has 1 aromatic heterocycles. The molecule has 0 bridgehead atoms. The van der Waals surface area contributed by atoms with Crippen LogP contribution in [0.2, 0.25) is 0 Å². The Labute approximate surface area is 115 Å². The zero-order chi connectivity index (χ0) is 13.2. The molecule has 98 valence electrons. The molecule has 1 aromatic rings. The topological polar surface area (TPSA) is 68.0 Å². The number of nitrogens with one attached hydrogen (secondary N) is 1. The molecular weight excluding hydrogens is 294 g/mol. The number of anilines is 1. The lowest BCUT2D eigenvalue weighted by Crippen LogP contribution is -2.40. The number of aryl methyl sites for hydroxylation is 1. The van der Waals surface area contributed by atoms with Crippen molar-refractivity contribution in [2.24, 2.45) is 5.73 Å². The van der Waals surface area contributed by atoms with Gasteiger partial charge in [-0.3, -0.25) is 4.79 Å². The van der Waals surface area contributed by atoms with Crippen LogP contribution in [0.15, 0.2) is 16.7 Å². The summed E-state index contributed by atoms with van der Waals surface area (Å²) in [6.45, 7) is 1.92. The van der Waals surface area contributed by atoms with Gasteiger partial charge in [0.2, 0.25) is 5.91 Å². The van der Waals surface area contributed by atoms with Crippen LogP contribution in [-0.4, -0.2) is 16.4 Å². The molecule has 1 aliphatic rings. The van der Waals surface area contributed by atoms with Gasteiger partial charge in [0.1, 0.15) is 5.82 Å². The van der Waals surface area contributed by atoms with Crippen LogP contribution in [0.4, 0.5) is 5.82 Å². The van der Waals surface area contributed by atoms with Crippen molar-refractivity contribution in [1.29, 1.82) is 0 Å². The van der Waals surface area contributed by atoms with Crippen LogP contribution in [0, 0.1) is 6.92 Å². The molecule has 4 nitrogen and oxygen atoms in total. The largest absolute Gasteiger partial charge is 0.325 e. The molecule has 5 heteroatoms. The summed E-state index contributed by atoms with van der Waals surface area (Å²) < 4.78 is 0.907. The van der Waals surface area contributed by atoms with Gasteiger partial charge in [-0.1, -0.05) is 12.8 Å². The number of pyridine rings is 1. The normalized spacial score (nSPS) is 17.7. The fraction of sp³-hybridized carbons (Fsp3) is 0.538. The maximum atomic E-state index is 12.0. The number of aromatic nitrogens is 1. The quantitative estimate of drug-likeness (QED) is 0.902. The third-order valence-electron chi connectivity index (χ3n) is 3.41. The van der Waals surface area contributed by atoms with Crippen molar-refractivity contribution < 1.29 is 4.79 Å². The minimum atomic E-state index is -0.312. The molecular formula is C13H18BrN3O. The zero-order valence-electron chi connectivity index (χ0n) is 10.5. The second kappa shape index (κ2) is 5.36. The van der Waals surface area contributed by atoms with Crippen molar-refractivity contribution in [1.82, 2.24) is 4.98 Å². The van der Waals surface area contributed by atoms with Crippen LogP contribution in [0.5, 0.6) is 0 Å². The Morgan fingerprint density at radius 1 is 1.56 bits per heavy atom. The first-order valence-corrected chi connectivity index (χ1v) is 6.99. The van der Waals surface area contributed by atoms with E-state index in [1.807, 2.05) is 13.0 Å². The van der Waals surface area contributed by atoms with E-state index < -0.39 is 0 Å². The molecule has 1 amide bonds. The third kappa shape index (κ3) is 3.29. The highest BCUT2D eigenvalue weighted by Crippen LogP contribution is 2.30. The lowest BCUT2D eigenvalue weighted by atomic mass is 9.94. The second-order valence-electron chi connectivity index (χ2n) is 5.11. The van der Waals surface area contributed by atoms with Gasteiger partial charge in [0.25, 0.3) is 0 Å².